The van der Waals surface area contributed by atoms with E-state index in [0.717, 1.165) is 18.4 Å². The van der Waals surface area contributed by atoms with E-state index in [1.165, 1.54) is 19.2 Å². The van der Waals surface area contributed by atoms with Gasteiger partial charge < -0.3 is 9.64 Å². The summed E-state index contributed by atoms with van der Waals surface area (Å²) in [4.78, 5) is 14.5. The van der Waals surface area contributed by atoms with Gasteiger partial charge in [-0.15, -0.1) is 0 Å². The SMILES string of the molecule is COc1ccc(C(=O)N(Cc2ccsc2)C2CC2)cc1F. The molecule has 1 aromatic heterocycles. The van der Waals surface area contributed by atoms with Crippen molar-refractivity contribution in [3.8, 4) is 5.75 Å². The molecule has 0 N–H and O–H groups in total. The Morgan fingerprint density at radius 3 is 2.81 bits per heavy atom. The van der Waals surface area contributed by atoms with Gasteiger partial charge in [-0.3, -0.25) is 4.79 Å². The highest BCUT2D eigenvalue weighted by Crippen LogP contribution is 2.30. The Labute approximate surface area is 127 Å². The number of thiophene rings is 1. The number of nitrogens with zero attached hydrogens (tertiary/aromatic N) is 1. The molecule has 2 aromatic rings. The summed E-state index contributed by atoms with van der Waals surface area (Å²) in [6.45, 7) is 0.584. The van der Waals surface area contributed by atoms with Gasteiger partial charge in [-0.2, -0.15) is 11.3 Å². The van der Waals surface area contributed by atoms with Crippen LogP contribution in [0.3, 0.4) is 0 Å². The van der Waals surface area contributed by atoms with E-state index in [1.54, 1.807) is 17.4 Å². The Hall–Kier alpha value is -1.88. The first-order valence-corrected chi connectivity index (χ1v) is 7.79. The minimum atomic E-state index is -0.505. The van der Waals surface area contributed by atoms with Crippen LogP contribution in [0.5, 0.6) is 5.75 Å². The smallest absolute Gasteiger partial charge is 0.254 e. The van der Waals surface area contributed by atoms with Gasteiger partial charge in [0.2, 0.25) is 0 Å². The molecule has 0 saturated heterocycles. The van der Waals surface area contributed by atoms with E-state index in [0.29, 0.717) is 12.1 Å². The molecule has 1 aliphatic carbocycles. The van der Waals surface area contributed by atoms with Gasteiger partial charge in [0.1, 0.15) is 0 Å². The molecule has 0 spiro atoms. The third-order valence-electron chi connectivity index (χ3n) is 3.58. The van der Waals surface area contributed by atoms with Crippen molar-refractivity contribution in [3.63, 3.8) is 0 Å². The maximum absolute atomic E-state index is 13.8. The average molecular weight is 305 g/mol. The number of methoxy groups -OCH3 is 1. The Morgan fingerprint density at radius 2 is 2.24 bits per heavy atom. The number of halogens is 1. The van der Waals surface area contributed by atoms with Crippen molar-refractivity contribution >= 4 is 17.2 Å². The summed E-state index contributed by atoms with van der Waals surface area (Å²) in [5.74, 6) is -0.470. The van der Waals surface area contributed by atoms with Crippen LogP contribution in [-0.2, 0) is 6.54 Å². The second-order valence-electron chi connectivity index (χ2n) is 5.15. The summed E-state index contributed by atoms with van der Waals surface area (Å²) >= 11 is 1.61. The van der Waals surface area contributed by atoms with E-state index >= 15 is 0 Å². The van der Waals surface area contributed by atoms with Gasteiger partial charge in [-0.1, -0.05) is 0 Å². The molecule has 3 nitrogen and oxygen atoms in total. The summed E-state index contributed by atoms with van der Waals surface area (Å²) in [6.07, 6.45) is 2.04. The van der Waals surface area contributed by atoms with Crippen LogP contribution in [0, 0.1) is 5.82 Å². The first kappa shape index (κ1) is 14.1. The molecule has 3 rings (SSSR count). The van der Waals surface area contributed by atoms with Gasteiger partial charge in [-0.05, 0) is 53.4 Å². The number of hydrogen-bond acceptors (Lipinski definition) is 3. The van der Waals surface area contributed by atoms with Crippen LogP contribution in [0.15, 0.2) is 35.0 Å². The fraction of sp³-hybridized carbons (Fsp3) is 0.312. The molecule has 21 heavy (non-hydrogen) atoms. The first-order valence-electron chi connectivity index (χ1n) is 6.84. The number of rotatable bonds is 5. The maximum atomic E-state index is 13.8. The monoisotopic (exact) mass is 305 g/mol. The zero-order chi connectivity index (χ0) is 14.8. The summed E-state index contributed by atoms with van der Waals surface area (Å²) < 4.78 is 18.7. The van der Waals surface area contributed by atoms with Crippen LogP contribution >= 0.6 is 11.3 Å². The van der Waals surface area contributed by atoms with Crippen LogP contribution in [0.2, 0.25) is 0 Å². The number of carbonyl (C=O) groups excluding carboxylic acids is 1. The lowest BCUT2D eigenvalue weighted by molar-refractivity contribution is 0.0729. The van der Waals surface area contributed by atoms with Crippen LogP contribution in [0.25, 0.3) is 0 Å². The van der Waals surface area contributed by atoms with Gasteiger partial charge in [-0.25, -0.2) is 4.39 Å². The Balaban J connectivity index is 1.82. The van der Waals surface area contributed by atoms with Gasteiger partial charge in [0.05, 0.1) is 7.11 Å². The maximum Gasteiger partial charge on any atom is 0.254 e. The third kappa shape index (κ3) is 3.08. The lowest BCUT2D eigenvalue weighted by Crippen LogP contribution is -2.32. The lowest BCUT2D eigenvalue weighted by Gasteiger charge is -2.22. The van der Waals surface area contributed by atoms with Gasteiger partial charge >= 0.3 is 0 Å². The number of carbonyl (C=O) groups is 1. The fourth-order valence-electron chi connectivity index (χ4n) is 2.30. The van der Waals surface area contributed by atoms with Crippen molar-refractivity contribution in [2.75, 3.05) is 7.11 Å². The predicted molar refractivity (Wildman–Crippen MR) is 80.2 cm³/mol. The molecule has 0 bridgehead atoms. The molecule has 0 unspecified atom stereocenters. The van der Waals surface area contributed by atoms with Gasteiger partial charge in [0.15, 0.2) is 11.6 Å². The highest BCUT2D eigenvalue weighted by Gasteiger charge is 2.33. The third-order valence-corrected chi connectivity index (χ3v) is 4.31. The van der Waals surface area contributed by atoms with E-state index in [2.05, 4.69) is 0 Å². The molecule has 0 atom stereocenters. The van der Waals surface area contributed by atoms with Crippen LogP contribution < -0.4 is 4.74 Å². The molecule has 1 aliphatic rings. The Morgan fingerprint density at radius 1 is 1.43 bits per heavy atom. The van der Waals surface area contributed by atoms with Crippen molar-refractivity contribution in [1.29, 1.82) is 0 Å². The zero-order valence-corrected chi connectivity index (χ0v) is 12.5. The molecule has 1 amide bonds. The molecule has 110 valence electrons. The minimum absolute atomic E-state index is 0.120. The normalized spacial score (nSPS) is 14.0. The Kier molecular flexibility index (Phi) is 3.92. The van der Waals surface area contributed by atoms with Crippen LogP contribution in [0.4, 0.5) is 4.39 Å². The average Bonchev–Trinajstić information content (AvgIpc) is 3.20. The number of hydrogen-bond donors (Lipinski definition) is 0. The van der Waals surface area contributed by atoms with Crippen molar-refractivity contribution in [3.05, 3.63) is 52.0 Å². The van der Waals surface area contributed by atoms with Crippen LogP contribution in [0.1, 0.15) is 28.8 Å². The van der Waals surface area contributed by atoms with E-state index in [1.807, 2.05) is 21.7 Å². The fourth-order valence-corrected chi connectivity index (χ4v) is 2.96. The predicted octanol–water partition coefficient (Wildman–Crippen LogP) is 3.70. The van der Waals surface area contributed by atoms with E-state index < -0.39 is 5.82 Å². The standard InChI is InChI=1S/C16H16FNO2S/c1-20-15-5-2-12(8-14(15)17)16(19)18(13-3-4-13)9-11-6-7-21-10-11/h2,5-8,10,13H,3-4,9H2,1H3. The highest BCUT2D eigenvalue weighted by molar-refractivity contribution is 7.07. The largest absolute Gasteiger partial charge is 0.494 e. The molecule has 0 aliphatic heterocycles. The minimum Gasteiger partial charge on any atom is -0.494 e. The quantitative estimate of drug-likeness (QED) is 0.843. The molecule has 5 heteroatoms. The zero-order valence-electron chi connectivity index (χ0n) is 11.7. The summed E-state index contributed by atoms with van der Waals surface area (Å²) in [6, 6.07) is 6.67. The van der Waals surface area contributed by atoms with Crippen molar-refractivity contribution in [1.82, 2.24) is 4.90 Å². The highest BCUT2D eigenvalue weighted by atomic mass is 32.1. The van der Waals surface area contributed by atoms with Gasteiger partial charge in [0.25, 0.3) is 5.91 Å². The first-order chi connectivity index (χ1) is 10.2. The van der Waals surface area contributed by atoms with Crippen molar-refractivity contribution < 1.29 is 13.9 Å². The summed E-state index contributed by atoms with van der Waals surface area (Å²) in [5, 5.41) is 4.04. The second-order valence-corrected chi connectivity index (χ2v) is 5.93. The lowest BCUT2D eigenvalue weighted by atomic mass is 10.1. The van der Waals surface area contributed by atoms with E-state index in [-0.39, 0.29) is 17.7 Å². The Bertz CT molecular complexity index is 638. The van der Waals surface area contributed by atoms with Crippen molar-refractivity contribution in [2.45, 2.75) is 25.4 Å². The molecule has 1 fully saturated rings. The summed E-state index contributed by atoms with van der Waals surface area (Å²) in [7, 11) is 1.41. The van der Waals surface area contributed by atoms with Crippen molar-refractivity contribution in [2.24, 2.45) is 0 Å². The second kappa shape index (κ2) is 5.85. The molecule has 1 heterocycles. The van der Waals surface area contributed by atoms with E-state index in [4.69, 9.17) is 4.74 Å². The molecular weight excluding hydrogens is 289 g/mol. The summed E-state index contributed by atoms with van der Waals surface area (Å²) in [5.41, 5.74) is 1.49. The number of ether oxygens (including phenoxy) is 1. The number of benzene rings is 1. The molecule has 1 aromatic carbocycles. The molecule has 1 saturated carbocycles. The molecular formula is C16H16FNO2S. The van der Waals surface area contributed by atoms with E-state index in [9.17, 15) is 9.18 Å². The number of amides is 1. The van der Waals surface area contributed by atoms with Crippen LogP contribution in [-0.4, -0.2) is 24.0 Å². The topological polar surface area (TPSA) is 29.5 Å². The molecule has 0 radical (unpaired) electrons. The van der Waals surface area contributed by atoms with Gasteiger partial charge in [0, 0.05) is 18.2 Å².